The fourth-order valence-electron chi connectivity index (χ4n) is 0.213. The Hall–Kier alpha value is -0.680. The van der Waals surface area contributed by atoms with E-state index < -0.39 is 0 Å². The zero-order chi connectivity index (χ0) is 7.11. The molecule has 0 aromatic heterocycles. The lowest BCUT2D eigenvalue weighted by atomic mass is 10.8. The maximum Gasteiger partial charge on any atom is 0.186 e. The zero-order valence-corrected chi connectivity index (χ0v) is 6.03. The van der Waals surface area contributed by atoms with E-state index in [4.69, 9.17) is 18.0 Å². The number of nitrogens with zero attached hydrogens (tertiary/aromatic N) is 1. The number of hydrazone groups is 1. The van der Waals surface area contributed by atoms with Gasteiger partial charge in [0.2, 0.25) is 0 Å². The fourth-order valence-corrected chi connectivity index (χ4v) is 0.266. The second kappa shape index (κ2) is 5.46. The Labute approximate surface area is 59.5 Å². The van der Waals surface area contributed by atoms with E-state index in [0.29, 0.717) is 11.7 Å². The van der Waals surface area contributed by atoms with Gasteiger partial charge in [0.25, 0.3) is 0 Å². The molecule has 0 heterocycles. The van der Waals surface area contributed by atoms with Crippen molar-refractivity contribution in [1.29, 1.82) is 0 Å². The Morgan fingerprint density at radius 3 is 3.00 bits per heavy atom. The van der Waals surface area contributed by atoms with Crippen LogP contribution in [-0.2, 0) is 0 Å². The molecule has 52 valence electrons. The molecule has 0 saturated carbocycles. The van der Waals surface area contributed by atoms with Crippen molar-refractivity contribution in [1.82, 2.24) is 10.7 Å². The quantitative estimate of drug-likeness (QED) is 0.266. The van der Waals surface area contributed by atoms with Crippen LogP contribution in [0.1, 0.15) is 0 Å². The number of hydrogen-bond donors (Lipinski definition) is 3. The van der Waals surface area contributed by atoms with Crippen molar-refractivity contribution >= 4 is 23.5 Å². The molecule has 0 radical (unpaired) electrons. The topological polar surface area (TPSA) is 62.4 Å². The Kier molecular flexibility index (Phi) is 5.04. The van der Waals surface area contributed by atoms with E-state index in [1.54, 1.807) is 7.05 Å². The first-order valence-electron chi connectivity index (χ1n) is 2.50. The third kappa shape index (κ3) is 5.19. The molecular weight excluding hydrogens is 136 g/mol. The van der Waals surface area contributed by atoms with Gasteiger partial charge in [-0.15, -0.1) is 0 Å². The van der Waals surface area contributed by atoms with Crippen molar-refractivity contribution in [3.05, 3.63) is 0 Å². The molecular formula is C4H10N4S. The molecule has 0 aromatic rings. The molecule has 4 N–H and O–H groups in total. The molecule has 4 nitrogen and oxygen atoms in total. The van der Waals surface area contributed by atoms with Crippen molar-refractivity contribution in [3.63, 3.8) is 0 Å². The third-order valence-electron chi connectivity index (χ3n) is 0.590. The largest absolute Gasteiger partial charge is 0.364 e. The second-order valence-electron chi connectivity index (χ2n) is 1.24. The molecule has 0 atom stereocenters. The van der Waals surface area contributed by atoms with Crippen LogP contribution in [0.3, 0.4) is 0 Å². The van der Waals surface area contributed by atoms with Crippen molar-refractivity contribution in [2.45, 2.75) is 0 Å². The van der Waals surface area contributed by atoms with Gasteiger partial charge in [-0.25, -0.2) is 0 Å². The molecule has 0 bridgehead atoms. The first kappa shape index (κ1) is 8.32. The van der Waals surface area contributed by atoms with Crippen LogP contribution in [0.5, 0.6) is 0 Å². The number of rotatable bonds is 2. The van der Waals surface area contributed by atoms with Gasteiger partial charge >= 0.3 is 0 Å². The van der Waals surface area contributed by atoms with Crippen LogP contribution in [0, 0.1) is 0 Å². The minimum Gasteiger partial charge on any atom is -0.364 e. The normalized spacial score (nSPS) is 9.56. The molecule has 0 aliphatic carbocycles. The van der Waals surface area contributed by atoms with Crippen LogP contribution in [0.15, 0.2) is 5.10 Å². The van der Waals surface area contributed by atoms with Gasteiger partial charge in [-0.2, -0.15) is 5.10 Å². The smallest absolute Gasteiger partial charge is 0.186 e. The standard InChI is InChI=1S/C4H10N4S/c1-6-4(9)8-7-3-2-5/h3H,2,5H2,1H3,(H2,6,8,9)/b7-3+. The lowest BCUT2D eigenvalue weighted by Crippen LogP contribution is -2.28. The summed E-state index contributed by atoms with van der Waals surface area (Å²) < 4.78 is 0. The average Bonchev–Trinajstić information content (AvgIpc) is 1.89. The molecule has 0 aromatic carbocycles. The van der Waals surface area contributed by atoms with Crippen LogP contribution in [0.25, 0.3) is 0 Å². The molecule has 0 aliphatic heterocycles. The van der Waals surface area contributed by atoms with Crippen molar-refractivity contribution in [2.75, 3.05) is 13.6 Å². The van der Waals surface area contributed by atoms with Crippen LogP contribution < -0.4 is 16.5 Å². The lowest BCUT2D eigenvalue weighted by Gasteiger charge is -1.97. The Balaban J connectivity index is 3.26. The summed E-state index contributed by atoms with van der Waals surface area (Å²) >= 11 is 4.69. The van der Waals surface area contributed by atoms with Gasteiger partial charge < -0.3 is 11.1 Å². The zero-order valence-electron chi connectivity index (χ0n) is 5.22. The Morgan fingerprint density at radius 2 is 2.56 bits per heavy atom. The number of nitrogens with two attached hydrogens (primary N) is 1. The summed E-state index contributed by atoms with van der Waals surface area (Å²) in [5.74, 6) is 0. The summed E-state index contributed by atoms with van der Waals surface area (Å²) in [7, 11) is 1.72. The average molecular weight is 146 g/mol. The Morgan fingerprint density at radius 1 is 1.89 bits per heavy atom. The Bertz CT molecular complexity index is 111. The van der Waals surface area contributed by atoms with E-state index in [1.165, 1.54) is 6.21 Å². The summed E-state index contributed by atoms with van der Waals surface area (Å²) in [6, 6.07) is 0. The van der Waals surface area contributed by atoms with E-state index in [1.807, 2.05) is 0 Å². The highest BCUT2D eigenvalue weighted by molar-refractivity contribution is 7.80. The van der Waals surface area contributed by atoms with E-state index >= 15 is 0 Å². The highest BCUT2D eigenvalue weighted by Gasteiger charge is 1.81. The minimum absolute atomic E-state index is 0.416. The molecule has 0 aliphatic rings. The van der Waals surface area contributed by atoms with Crippen LogP contribution in [0.4, 0.5) is 0 Å². The van der Waals surface area contributed by atoms with Crippen molar-refractivity contribution < 1.29 is 0 Å². The summed E-state index contributed by atoms with van der Waals surface area (Å²) in [6.07, 6.45) is 1.53. The maximum absolute atomic E-state index is 5.10. The van der Waals surface area contributed by atoms with E-state index in [2.05, 4.69) is 15.8 Å². The predicted molar refractivity (Wildman–Crippen MR) is 42.3 cm³/mol. The minimum atomic E-state index is 0.416. The van der Waals surface area contributed by atoms with Gasteiger partial charge in [-0.05, 0) is 12.2 Å². The highest BCUT2D eigenvalue weighted by atomic mass is 32.1. The van der Waals surface area contributed by atoms with Gasteiger partial charge in [-0.3, -0.25) is 5.43 Å². The molecule has 5 heteroatoms. The number of nitrogens with one attached hydrogen (secondary N) is 2. The van der Waals surface area contributed by atoms with Gasteiger partial charge in [0.1, 0.15) is 0 Å². The summed E-state index contributed by atoms with van der Waals surface area (Å²) in [4.78, 5) is 0. The van der Waals surface area contributed by atoms with Crippen molar-refractivity contribution in [2.24, 2.45) is 10.8 Å². The monoisotopic (exact) mass is 146 g/mol. The molecule has 9 heavy (non-hydrogen) atoms. The third-order valence-corrected chi connectivity index (χ3v) is 0.885. The van der Waals surface area contributed by atoms with Gasteiger partial charge in [0.15, 0.2) is 5.11 Å². The number of hydrogen-bond acceptors (Lipinski definition) is 3. The summed E-state index contributed by atoms with van der Waals surface area (Å²) in [6.45, 7) is 0.416. The number of thiocarbonyl (C=S) groups is 1. The molecule has 0 spiro atoms. The fraction of sp³-hybridized carbons (Fsp3) is 0.500. The maximum atomic E-state index is 5.10. The lowest BCUT2D eigenvalue weighted by molar-refractivity contribution is 0.976. The second-order valence-corrected chi connectivity index (χ2v) is 1.65. The van der Waals surface area contributed by atoms with E-state index in [9.17, 15) is 0 Å². The predicted octanol–water partition coefficient (Wildman–Crippen LogP) is -0.975. The first-order valence-corrected chi connectivity index (χ1v) is 2.91. The van der Waals surface area contributed by atoms with Gasteiger partial charge in [-0.1, -0.05) is 0 Å². The molecule has 0 unspecified atom stereocenters. The molecule has 0 fully saturated rings. The van der Waals surface area contributed by atoms with Crippen LogP contribution >= 0.6 is 12.2 Å². The summed E-state index contributed by atoms with van der Waals surface area (Å²) in [5, 5.41) is 6.83. The highest BCUT2D eigenvalue weighted by Crippen LogP contribution is 1.60. The summed E-state index contributed by atoms with van der Waals surface area (Å²) in [5.41, 5.74) is 7.65. The molecule has 0 saturated heterocycles. The van der Waals surface area contributed by atoms with Gasteiger partial charge in [0.05, 0.1) is 0 Å². The van der Waals surface area contributed by atoms with E-state index in [0.717, 1.165) is 0 Å². The SMILES string of the molecule is CNC(=S)N/N=C/CN. The molecule has 0 rings (SSSR count). The van der Waals surface area contributed by atoms with E-state index in [-0.39, 0.29) is 0 Å². The molecule has 0 amide bonds. The first-order chi connectivity index (χ1) is 4.31. The van der Waals surface area contributed by atoms with Crippen LogP contribution in [0.2, 0.25) is 0 Å². The van der Waals surface area contributed by atoms with Gasteiger partial charge in [0, 0.05) is 19.8 Å². The van der Waals surface area contributed by atoms with Crippen LogP contribution in [-0.4, -0.2) is 24.9 Å². The van der Waals surface area contributed by atoms with Crippen molar-refractivity contribution in [3.8, 4) is 0 Å².